The molecule has 1 aromatic heterocycles. The van der Waals surface area contributed by atoms with Crippen LogP contribution in [-0.4, -0.2) is 22.6 Å². The Morgan fingerprint density at radius 2 is 1.90 bits per heavy atom. The molecule has 0 aliphatic heterocycles. The lowest BCUT2D eigenvalue weighted by Gasteiger charge is -2.06. The Labute approximate surface area is 118 Å². The summed E-state index contributed by atoms with van der Waals surface area (Å²) in [4.78, 5) is 11.7. The van der Waals surface area contributed by atoms with Gasteiger partial charge in [0.1, 0.15) is 5.75 Å². The van der Waals surface area contributed by atoms with Crippen molar-refractivity contribution in [2.45, 2.75) is 20.3 Å². The van der Waals surface area contributed by atoms with Gasteiger partial charge < -0.3 is 10.1 Å². The molecule has 0 spiro atoms. The minimum atomic E-state index is -0.0754. The standard InChI is InChI=1S/C15H17N3O2/c1-3-10-16-15(19)12-5-7-13(8-6-12)20-14-9-4-11(2)17-18-14/h4-9H,3,10H2,1-2H3,(H,16,19). The van der Waals surface area contributed by atoms with E-state index in [1.165, 1.54) is 0 Å². The molecule has 20 heavy (non-hydrogen) atoms. The highest BCUT2D eigenvalue weighted by atomic mass is 16.5. The van der Waals surface area contributed by atoms with Crippen LogP contribution in [0.25, 0.3) is 0 Å². The van der Waals surface area contributed by atoms with Crippen LogP contribution in [0.2, 0.25) is 0 Å². The van der Waals surface area contributed by atoms with Crippen LogP contribution in [0.4, 0.5) is 0 Å². The van der Waals surface area contributed by atoms with Gasteiger partial charge in [-0.1, -0.05) is 6.92 Å². The average Bonchev–Trinajstić information content (AvgIpc) is 2.48. The molecule has 1 amide bonds. The number of rotatable bonds is 5. The SMILES string of the molecule is CCCNC(=O)c1ccc(Oc2ccc(C)nn2)cc1. The van der Waals surface area contributed by atoms with Crippen LogP contribution in [0, 0.1) is 6.92 Å². The molecular weight excluding hydrogens is 254 g/mol. The third-order valence-electron chi connectivity index (χ3n) is 2.65. The van der Waals surface area contributed by atoms with E-state index in [1.54, 1.807) is 30.3 Å². The lowest BCUT2D eigenvalue weighted by Crippen LogP contribution is -2.23. The van der Waals surface area contributed by atoms with E-state index in [9.17, 15) is 4.79 Å². The summed E-state index contributed by atoms with van der Waals surface area (Å²) in [5.41, 5.74) is 1.45. The molecule has 0 aliphatic carbocycles. The molecule has 2 rings (SSSR count). The number of nitrogens with zero attached hydrogens (tertiary/aromatic N) is 2. The maximum atomic E-state index is 11.7. The Bertz CT molecular complexity index is 565. The summed E-state index contributed by atoms with van der Waals surface area (Å²) >= 11 is 0. The molecule has 104 valence electrons. The van der Waals surface area contributed by atoms with Gasteiger partial charge in [-0.15, -0.1) is 5.10 Å². The first kappa shape index (κ1) is 14.0. The van der Waals surface area contributed by atoms with Crippen LogP contribution < -0.4 is 10.1 Å². The fourth-order valence-electron chi connectivity index (χ4n) is 1.58. The Balaban J connectivity index is 2.01. The van der Waals surface area contributed by atoms with E-state index in [-0.39, 0.29) is 5.91 Å². The van der Waals surface area contributed by atoms with Gasteiger partial charge in [-0.05, 0) is 43.7 Å². The predicted octanol–water partition coefficient (Wildman–Crippen LogP) is 2.72. The lowest BCUT2D eigenvalue weighted by molar-refractivity contribution is 0.0953. The highest BCUT2D eigenvalue weighted by molar-refractivity contribution is 5.94. The Morgan fingerprint density at radius 3 is 2.50 bits per heavy atom. The molecule has 0 radical (unpaired) electrons. The van der Waals surface area contributed by atoms with Crippen LogP contribution in [0.1, 0.15) is 29.4 Å². The quantitative estimate of drug-likeness (QED) is 0.908. The number of hydrogen-bond acceptors (Lipinski definition) is 4. The summed E-state index contributed by atoms with van der Waals surface area (Å²) in [7, 11) is 0. The van der Waals surface area contributed by atoms with Crippen LogP contribution in [0.5, 0.6) is 11.6 Å². The van der Waals surface area contributed by atoms with Crippen LogP contribution in [-0.2, 0) is 0 Å². The molecule has 0 atom stereocenters. The number of benzene rings is 1. The van der Waals surface area contributed by atoms with Crippen molar-refractivity contribution in [3.8, 4) is 11.6 Å². The zero-order chi connectivity index (χ0) is 14.4. The van der Waals surface area contributed by atoms with E-state index < -0.39 is 0 Å². The molecule has 0 saturated heterocycles. The number of aromatic nitrogens is 2. The third-order valence-corrected chi connectivity index (χ3v) is 2.65. The molecule has 1 N–H and O–H groups in total. The molecule has 0 saturated carbocycles. The van der Waals surface area contributed by atoms with Crippen LogP contribution in [0.3, 0.4) is 0 Å². The topological polar surface area (TPSA) is 64.1 Å². The highest BCUT2D eigenvalue weighted by Crippen LogP contribution is 2.19. The zero-order valence-corrected chi connectivity index (χ0v) is 11.6. The minimum Gasteiger partial charge on any atom is -0.438 e. The number of hydrogen-bond donors (Lipinski definition) is 1. The number of aryl methyl sites for hydroxylation is 1. The summed E-state index contributed by atoms with van der Waals surface area (Å²) in [6.07, 6.45) is 0.916. The summed E-state index contributed by atoms with van der Waals surface area (Å²) in [6, 6.07) is 10.5. The molecule has 1 aromatic carbocycles. The molecule has 1 heterocycles. The van der Waals surface area contributed by atoms with Gasteiger partial charge >= 0.3 is 0 Å². The maximum Gasteiger partial charge on any atom is 0.251 e. The molecule has 0 unspecified atom stereocenters. The van der Waals surface area contributed by atoms with Gasteiger partial charge in [0.05, 0.1) is 5.69 Å². The van der Waals surface area contributed by atoms with Gasteiger partial charge in [-0.2, -0.15) is 5.10 Å². The summed E-state index contributed by atoms with van der Waals surface area (Å²) in [5, 5.41) is 10.7. The van der Waals surface area contributed by atoms with Crippen molar-refractivity contribution in [2.75, 3.05) is 6.54 Å². The van der Waals surface area contributed by atoms with Crippen LogP contribution in [0.15, 0.2) is 36.4 Å². The first-order valence-electron chi connectivity index (χ1n) is 6.55. The smallest absolute Gasteiger partial charge is 0.251 e. The van der Waals surface area contributed by atoms with Gasteiger partial charge in [0.25, 0.3) is 5.91 Å². The van der Waals surface area contributed by atoms with Crippen molar-refractivity contribution in [1.29, 1.82) is 0 Å². The fourth-order valence-corrected chi connectivity index (χ4v) is 1.58. The van der Waals surface area contributed by atoms with Crippen LogP contribution >= 0.6 is 0 Å². The second-order valence-corrected chi connectivity index (χ2v) is 4.40. The van der Waals surface area contributed by atoms with Crippen molar-refractivity contribution < 1.29 is 9.53 Å². The maximum absolute atomic E-state index is 11.7. The second kappa shape index (κ2) is 6.65. The molecule has 2 aromatic rings. The second-order valence-electron chi connectivity index (χ2n) is 4.40. The molecule has 0 fully saturated rings. The third kappa shape index (κ3) is 3.78. The van der Waals surface area contributed by atoms with E-state index in [0.717, 1.165) is 12.1 Å². The summed E-state index contributed by atoms with van der Waals surface area (Å²) in [6.45, 7) is 4.55. The van der Waals surface area contributed by atoms with Gasteiger partial charge in [0, 0.05) is 18.2 Å². The fraction of sp³-hybridized carbons (Fsp3) is 0.267. The minimum absolute atomic E-state index is 0.0754. The first-order chi connectivity index (χ1) is 9.69. The van der Waals surface area contributed by atoms with Gasteiger partial charge in [0.15, 0.2) is 0 Å². The number of nitrogens with one attached hydrogen (secondary N) is 1. The normalized spacial score (nSPS) is 10.1. The summed E-state index contributed by atoms with van der Waals surface area (Å²) < 4.78 is 5.54. The van der Waals surface area contributed by atoms with Gasteiger partial charge in [0.2, 0.25) is 5.88 Å². The number of carbonyl (C=O) groups is 1. The van der Waals surface area contributed by atoms with Gasteiger partial charge in [-0.3, -0.25) is 4.79 Å². The van der Waals surface area contributed by atoms with Crippen molar-refractivity contribution >= 4 is 5.91 Å². The first-order valence-corrected chi connectivity index (χ1v) is 6.55. The largest absolute Gasteiger partial charge is 0.438 e. The summed E-state index contributed by atoms with van der Waals surface area (Å²) in [5.74, 6) is 0.975. The van der Waals surface area contributed by atoms with Crippen molar-refractivity contribution in [3.05, 3.63) is 47.7 Å². The van der Waals surface area contributed by atoms with Crippen molar-refractivity contribution in [3.63, 3.8) is 0 Å². The average molecular weight is 271 g/mol. The van der Waals surface area contributed by atoms with E-state index in [0.29, 0.717) is 23.7 Å². The van der Waals surface area contributed by atoms with E-state index in [4.69, 9.17) is 4.74 Å². The Kier molecular flexibility index (Phi) is 4.65. The van der Waals surface area contributed by atoms with Crippen molar-refractivity contribution in [1.82, 2.24) is 15.5 Å². The number of amides is 1. The van der Waals surface area contributed by atoms with E-state index in [1.807, 2.05) is 19.9 Å². The monoisotopic (exact) mass is 271 g/mol. The number of ether oxygens (including phenoxy) is 1. The Hall–Kier alpha value is -2.43. The van der Waals surface area contributed by atoms with E-state index >= 15 is 0 Å². The van der Waals surface area contributed by atoms with Gasteiger partial charge in [-0.25, -0.2) is 0 Å². The highest BCUT2D eigenvalue weighted by Gasteiger charge is 2.05. The lowest BCUT2D eigenvalue weighted by atomic mass is 10.2. The molecule has 5 heteroatoms. The molecule has 0 aliphatic rings. The predicted molar refractivity (Wildman–Crippen MR) is 75.9 cm³/mol. The van der Waals surface area contributed by atoms with Crippen molar-refractivity contribution in [2.24, 2.45) is 0 Å². The van der Waals surface area contributed by atoms with E-state index in [2.05, 4.69) is 15.5 Å². The molecule has 5 nitrogen and oxygen atoms in total. The molecular formula is C15H17N3O2. The number of carbonyl (C=O) groups excluding carboxylic acids is 1. The zero-order valence-electron chi connectivity index (χ0n) is 11.6. The molecule has 0 bridgehead atoms. The Morgan fingerprint density at radius 1 is 1.15 bits per heavy atom.